The smallest absolute Gasteiger partial charge is 0.258 e. The summed E-state index contributed by atoms with van der Waals surface area (Å²) in [5.41, 5.74) is 0.769. The van der Waals surface area contributed by atoms with E-state index in [0.717, 1.165) is 11.4 Å². The Balaban J connectivity index is 1.55. The second kappa shape index (κ2) is 9.36. The molecule has 9 heteroatoms. The van der Waals surface area contributed by atoms with Gasteiger partial charge >= 0.3 is 0 Å². The van der Waals surface area contributed by atoms with E-state index in [2.05, 4.69) is 20.8 Å². The van der Waals surface area contributed by atoms with Gasteiger partial charge in [-0.1, -0.05) is 6.07 Å². The first-order valence-corrected chi connectivity index (χ1v) is 8.73. The summed E-state index contributed by atoms with van der Waals surface area (Å²) < 4.78 is 17.6. The minimum atomic E-state index is -0.288. The van der Waals surface area contributed by atoms with Gasteiger partial charge in [0, 0.05) is 6.07 Å². The zero-order valence-electron chi connectivity index (χ0n) is 15.7. The van der Waals surface area contributed by atoms with Crippen molar-refractivity contribution < 1.29 is 19.0 Å². The third kappa shape index (κ3) is 4.97. The number of carbonyl (C=O) groups is 1. The number of nitrogens with zero attached hydrogens (tertiary/aromatic N) is 4. The number of benzene rings is 2. The van der Waals surface area contributed by atoms with Crippen LogP contribution in [0.3, 0.4) is 0 Å². The molecule has 9 nitrogen and oxygen atoms in total. The second-order valence-corrected chi connectivity index (χ2v) is 5.68. The summed E-state index contributed by atoms with van der Waals surface area (Å²) in [5.74, 6) is 2.19. The Morgan fingerprint density at radius 1 is 1.07 bits per heavy atom. The number of amides is 1. The summed E-state index contributed by atoms with van der Waals surface area (Å²) in [5, 5.41) is 14.4. The zero-order chi connectivity index (χ0) is 19.8. The van der Waals surface area contributed by atoms with Gasteiger partial charge in [0.1, 0.15) is 17.2 Å². The number of methoxy groups -OCH3 is 1. The average molecular weight is 383 g/mol. The normalized spacial score (nSPS) is 10.4. The van der Waals surface area contributed by atoms with E-state index in [-0.39, 0.29) is 19.1 Å². The van der Waals surface area contributed by atoms with E-state index < -0.39 is 0 Å². The van der Waals surface area contributed by atoms with Crippen LogP contribution in [0.15, 0.2) is 48.5 Å². The van der Waals surface area contributed by atoms with E-state index in [9.17, 15) is 4.79 Å². The Morgan fingerprint density at radius 2 is 1.86 bits per heavy atom. The van der Waals surface area contributed by atoms with E-state index >= 15 is 0 Å². The lowest BCUT2D eigenvalue weighted by atomic mass is 10.3. The Labute approximate surface area is 162 Å². The van der Waals surface area contributed by atoms with Gasteiger partial charge in [0.15, 0.2) is 12.4 Å². The summed E-state index contributed by atoms with van der Waals surface area (Å²) in [4.78, 5) is 12.1. The largest absolute Gasteiger partial charge is 0.497 e. The first-order valence-electron chi connectivity index (χ1n) is 8.73. The predicted molar refractivity (Wildman–Crippen MR) is 101 cm³/mol. The van der Waals surface area contributed by atoms with Crippen LogP contribution in [0.4, 0.5) is 0 Å². The van der Waals surface area contributed by atoms with Crippen molar-refractivity contribution in [1.82, 2.24) is 25.5 Å². The molecule has 2 aromatic carbocycles. The van der Waals surface area contributed by atoms with Gasteiger partial charge in [0.2, 0.25) is 0 Å². The molecule has 0 saturated heterocycles. The van der Waals surface area contributed by atoms with Crippen LogP contribution < -0.4 is 19.5 Å². The van der Waals surface area contributed by atoms with Crippen molar-refractivity contribution in [2.75, 3.05) is 20.3 Å². The summed E-state index contributed by atoms with van der Waals surface area (Å²) in [6, 6.07) is 14.4. The van der Waals surface area contributed by atoms with Gasteiger partial charge < -0.3 is 19.5 Å². The van der Waals surface area contributed by atoms with E-state index in [4.69, 9.17) is 14.2 Å². The van der Waals surface area contributed by atoms with Crippen molar-refractivity contribution in [2.45, 2.75) is 13.5 Å². The van der Waals surface area contributed by atoms with Crippen LogP contribution in [0.5, 0.6) is 17.2 Å². The summed E-state index contributed by atoms with van der Waals surface area (Å²) in [7, 11) is 1.57. The number of hydrogen-bond acceptors (Lipinski definition) is 7. The van der Waals surface area contributed by atoms with Crippen LogP contribution in [0.1, 0.15) is 12.7 Å². The molecule has 0 radical (unpaired) electrons. The molecule has 1 amide bonds. The van der Waals surface area contributed by atoms with Crippen LogP contribution in [-0.4, -0.2) is 46.4 Å². The number of rotatable bonds is 9. The zero-order valence-corrected chi connectivity index (χ0v) is 15.7. The molecule has 0 atom stereocenters. The molecule has 28 heavy (non-hydrogen) atoms. The molecule has 0 unspecified atom stereocenters. The number of ether oxygens (including phenoxy) is 3. The lowest BCUT2D eigenvalue weighted by molar-refractivity contribution is -0.123. The molecule has 0 spiro atoms. The van der Waals surface area contributed by atoms with Gasteiger partial charge in [-0.05, 0) is 53.7 Å². The molecule has 0 aliphatic heterocycles. The van der Waals surface area contributed by atoms with Crippen LogP contribution in [0.2, 0.25) is 0 Å². The van der Waals surface area contributed by atoms with Crippen LogP contribution in [0.25, 0.3) is 5.69 Å². The van der Waals surface area contributed by atoms with Gasteiger partial charge in [-0.2, -0.15) is 4.68 Å². The molecule has 1 heterocycles. The fraction of sp³-hybridized carbons (Fsp3) is 0.263. The quantitative estimate of drug-likeness (QED) is 0.601. The SMILES string of the molecule is CCOc1ccc(-n2nnnc2CNC(=O)COc2cccc(OC)c2)cc1. The van der Waals surface area contributed by atoms with Crippen molar-refractivity contribution >= 4 is 5.91 Å². The number of tetrazole rings is 1. The van der Waals surface area contributed by atoms with E-state index in [1.807, 2.05) is 31.2 Å². The molecule has 0 aliphatic rings. The fourth-order valence-corrected chi connectivity index (χ4v) is 2.44. The lowest BCUT2D eigenvalue weighted by Crippen LogP contribution is -2.29. The molecule has 3 rings (SSSR count). The fourth-order valence-electron chi connectivity index (χ4n) is 2.44. The second-order valence-electron chi connectivity index (χ2n) is 5.68. The molecule has 146 valence electrons. The van der Waals surface area contributed by atoms with Crippen LogP contribution in [0, 0.1) is 0 Å². The standard InChI is InChI=1S/C19H21N5O4/c1-3-27-15-9-7-14(8-10-15)24-18(21-22-23-24)12-20-19(25)13-28-17-6-4-5-16(11-17)26-2/h4-11H,3,12-13H2,1-2H3,(H,20,25). The lowest BCUT2D eigenvalue weighted by Gasteiger charge is -2.09. The maximum atomic E-state index is 12.1. The Kier molecular flexibility index (Phi) is 6.40. The van der Waals surface area contributed by atoms with Crippen molar-refractivity contribution in [3.8, 4) is 22.9 Å². The van der Waals surface area contributed by atoms with Gasteiger partial charge in [0.05, 0.1) is 25.9 Å². The third-order valence-electron chi connectivity index (χ3n) is 3.78. The van der Waals surface area contributed by atoms with Crippen molar-refractivity contribution in [3.63, 3.8) is 0 Å². The molecular weight excluding hydrogens is 362 g/mol. The third-order valence-corrected chi connectivity index (χ3v) is 3.78. The number of aromatic nitrogens is 4. The predicted octanol–water partition coefficient (Wildman–Crippen LogP) is 1.76. The minimum absolute atomic E-state index is 0.127. The number of carbonyl (C=O) groups excluding carboxylic acids is 1. The van der Waals surface area contributed by atoms with Gasteiger partial charge in [-0.3, -0.25) is 4.79 Å². The van der Waals surface area contributed by atoms with Crippen molar-refractivity contribution in [1.29, 1.82) is 0 Å². The molecule has 3 aromatic rings. The first-order chi connectivity index (χ1) is 13.7. The highest BCUT2D eigenvalue weighted by Crippen LogP contribution is 2.18. The van der Waals surface area contributed by atoms with E-state index in [0.29, 0.717) is 23.9 Å². The van der Waals surface area contributed by atoms with Gasteiger partial charge in [0.25, 0.3) is 5.91 Å². The number of hydrogen-bond donors (Lipinski definition) is 1. The van der Waals surface area contributed by atoms with Crippen LogP contribution >= 0.6 is 0 Å². The van der Waals surface area contributed by atoms with Crippen molar-refractivity contribution in [2.24, 2.45) is 0 Å². The molecule has 0 saturated carbocycles. The molecule has 0 fully saturated rings. The molecule has 0 aliphatic carbocycles. The highest BCUT2D eigenvalue weighted by Gasteiger charge is 2.11. The first kappa shape index (κ1) is 19.2. The molecule has 0 bridgehead atoms. The van der Waals surface area contributed by atoms with Gasteiger partial charge in [-0.15, -0.1) is 5.10 Å². The summed E-state index contributed by atoms with van der Waals surface area (Å²) in [6.07, 6.45) is 0. The highest BCUT2D eigenvalue weighted by atomic mass is 16.5. The maximum absolute atomic E-state index is 12.1. The molecule has 1 N–H and O–H groups in total. The topological polar surface area (TPSA) is 100 Å². The summed E-state index contributed by atoms with van der Waals surface area (Å²) >= 11 is 0. The minimum Gasteiger partial charge on any atom is -0.497 e. The molecular formula is C19H21N5O4. The Bertz CT molecular complexity index is 911. The van der Waals surface area contributed by atoms with Gasteiger partial charge in [-0.25, -0.2) is 0 Å². The Morgan fingerprint density at radius 3 is 2.61 bits per heavy atom. The summed E-state index contributed by atoms with van der Waals surface area (Å²) in [6.45, 7) is 2.56. The monoisotopic (exact) mass is 383 g/mol. The van der Waals surface area contributed by atoms with Crippen molar-refractivity contribution in [3.05, 3.63) is 54.4 Å². The number of nitrogens with one attached hydrogen (secondary N) is 1. The highest BCUT2D eigenvalue weighted by molar-refractivity contribution is 5.77. The average Bonchev–Trinajstić information content (AvgIpc) is 3.20. The molecule has 1 aromatic heterocycles. The van der Waals surface area contributed by atoms with Crippen LogP contribution in [-0.2, 0) is 11.3 Å². The Hall–Kier alpha value is -3.62. The maximum Gasteiger partial charge on any atom is 0.258 e. The van der Waals surface area contributed by atoms with E-state index in [1.54, 1.807) is 36.1 Å². The van der Waals surface area contributed by atoms with E-state index in [1.165, 1.54) is 0 Å².